The Morgan fingerprint density at radius 2 is 1.10 bits per heavy atom. The summed E-state index contributed by atoms with van der Waals surface area (Å²) in [6.07, 6.45) is 21.9. The number of rotatable bonds is 38. The number of allylic oxidation sites excluding steroid dienone is 9. The van der Waals surface area contributed by atoms with Gasteiger partial charge in [-0.2, -0.15) is 23.5 Å². The number of thioether (sulfide) groups is 2. The molecule has 0 spiro atoms. The van der Waals surface area contributed by atoms with Gasteiger partial charge in [-0.1, -0.05) is 214 Å². The summed E-state index contributed by atoms with van der Waals surface area (Å²) in [5, 5.41) is 43.9. The number of primary amides is 1. The maximum absolute atomic E-state index is 14.7. The molecule has 14 rings (SSSR count). The largest absolute Gasteiger partial charge is 0.494 e. The molecule has 4 fully saturated rings. The van der Waals surface area contributed by atoms with Crippen LogP contribution in [0.5, 0.6) is 5.75 Å². The molecule has 1 aliphatic carbocycles. The zero-order valence-corrected chi connectivity index (χ0v) is 91.0. The molecule has 1 unspecified atom stereocenters. The molecule has 4 amide bonds. The van der Waals surface area contributed by atoms with Gasteiger partial charge in [-0.25, -0.2) is 24.8 Å². The minimum Gasteiger partial charge on any atom is -0.494 e. The minimum absolute atomic E-state index is 0.0186. The molecule has 0 aromatic heterocycles. The number of ether oxygens (including phenoxy) is 4. The average Bonchev–Trinajstić information content (AvgIpc) is 0.762. The van der Waals surface area contributed by atoms with Crippen molar-refractivity contribution in [2.75, 3.05) is 129 Å². The number of nitrogens with two attached hydrogens (primary N) is 1. The number of methoxy groups -OCH3 is 2. The Kier molecular flexibility index (Phi) is 39.4. The van der Waals surface area contributed by atoms with E-state index in [1.807, 2.05) is 50.4 Å². The minimum atomic E-state index is -2.82. The second-order valence-corrected chi connectivity index (χ2v) is 53.1. The van der Waals surface area contributed by atoms with Gasteiger partial charge in [-0.3, -0.25) is 24.0 Å². The molecule has 11 N–H and O–H groups in total. The zero-order chi connectivity index (χ0) is 103. The van der Waals surface area contributed by atoms with Gasteiger partial charge in [0.1, 0.15) is 11.9 Å². The van der Waals surface area contributed by atoms with Crippen molar-refractivity contribution < 1.29 is 61.7 Å². The molecular formula is C111H157N17O13S2Si2. The van der Waals surface area contributed by atoms with Crippen molar-refractivity contribution in [1.82, 2.24) is 62.1 Å². The molecule has 10 aliphatic rings. The van der Waals surface area contributed by atoms with E-state index in [1.165, 1.54) is 35.9 Å². The number of carbonyl (C=O) groups excluding carboxylic acids is 6. The number of hydrogen-bond donors (Lipinski definition) is 10. The van der Waals surface area contributed by atoms with Gasteiger partial charge in [0.05, 0.1) is 67.6 Å². The van der Waals surface area contributed by atoms with Gasteiger partial charge in [0.25, 0.3) is 34.4 Å². The number of carbonyl (C=O) groups is 6. The Morgan fingerprint density at radius 1 is 0.614 bits per heavy atom. The average molecular weight is 2060 g/mol. The molecule has 9 heterocycles. The van der Waals surface area contributed by atoms with Gasteiger partial charge in [-0.15, -0.1) is 0 Å². The Hall–Kier alpha value is -10.6. The highest BCUT2D eigenvalue weighted by Gasteiger charge is 2.53. The van der Waals surface area contributed by atoms with Gasteiger partial charge in [-0.05, 0) is 158 Å². The Morgan fingerprint density at radius 3 is 1.60 bits per heavy atom. The fraction of sp³-hybridized carbons (Fsp3) is 0.550. The first-order chi connectivity index (χ1) is 69.8. The second-order valence-electron chi connectivity index (χ2n) is 42.3. The van der Waals surface area contributed by atoms with Gasteiger partial charge in [0.2, 0.25) is 11.6 Å². The molecule has 0 saturated carbocycles. The van der Waals surface area contributed by atoms with Crippen molar-refractivity contribution in [2.45, 2.75) is 249 Å². The van der Waals surface area contributed by atoms with Crippen LogP contribution in [-0.2, 0) is 37.4 Å². The molecule has 4 aromatic carbocycles. The molecule has 4 saturated heterocycles. The van der Waals surface area contributed by atoms with Gasteiger partial charge in [0.15, 0.2) is 29.9 Å². The summed E-state index contributed by atoms with van der Waals surface area (Å²) in [5.74, 6) is 4.63. The summed E-state index contributed by atoms with van der Waals surface area (Å²) in [4.78, 5) is 115. The van der Waals surface area contributed by atoms with Crippen LogP contribution in [0.1, 0.15) is 187 Å². The molecule has 2 bridgehead atoms. The van der Waals surface area contributed by atoms with Crippen LogP contribution in [0, 0.1) is 11.8 Å². The van der Waals surface area contributed by atoms with E-state index in [4.69, 9.17) is 53.5 Å². The fourth-order valence-corrected chi connectivity index (χ4v) is 33.0. The number of Topliss-reactive ketones (excluding diaryl/α,β-unsaturated/α-hetero) is 1. The first-order valence-corrected chi connectivity index (χ1v) is 58.6. The molecule has 4 aromatic rings. The Labute approximate surface area is 869 Å². The number of hydrogen-bond acceptors (Lipinski definition) is 28. The molecule has 15 atom stereocenters. The van der Waals surface area contributed by atoms with E-state index in [1.54, 1.807) is 50.3 Å². The molecule has 784 valence electrons. The number of amides is 4. The number of aliphatic hydroxyl groups is 1. The number of aliphatic hydroxyl groups excluding tert-OH is 1. The highest BCUT2D eigenvalue weighted by Crippen LogP contribution is 2.44. The maximum atomic E-state index is 14.7. The van der Waals surface area contributed by atoms with Crippen LogP contribution in [0.15, 0.2) is 224 Å². The van der Waals surface area contributed by atoms with Crippen LogP contribution in [0.3, 0.4) is 0 Å². The number of aliphatic imine (C=N–C) groups is 4. The van der Waals surface area contributed by atoms with Gasteiger partial charge in [0, 0.05) is 168 Å². The van der Waals surface area contributed by atoms with Crippen LogP contribution in [-0.4, -0.2) is 302 Å². The van der Waals surface area contributed by atoms with E-state index in [0.717, 1.165) is 175 Å². The number of guanidine groups is 4. The van der Waals surface area contributed by atoms with Crippen LogP contribution < -0.4 is 68.6 Å². The fourth-order valence-electron chi connectivity index (χ4n) is 21.5. The SMILES string of the molecule is C=C/C(=C\C=C/C)[Si](OC[C@H]1CCN2CC[C@H](CSC[C@H]3CCN4CC[C@H](CNC(=O)c5cc(OCCCCCCNC6=C7C[C@@H](C)C[C@H](OC)[C@H](O)[C@@H](C)/C=C(\C)[C@H](OC(N)=O)[C@@H](OC)/C=C\C=C(/C)C(=O)NC(=CC6=O)C7=O)cc(C(=O)NC[C@H]6CCN7CC[C@H](CSC[C@H]8CCN9CC[C@H](CO[Si](c%10ccccc%10)(c%10ccccc%10)C(C)(C)C)N=C9N8)N=C7N6)c5)NC4=N3)NC2=N1)(c1ccccc1)C(C)(C)C. The predicted octanol–water partition coefficient (Wildman–Crippen LogP) is 11.6. The first kappa shape index (κ1) is 110. The first-order valence-electron chi connectivity index (χ1n) is 52.4. The molecule has 9 aliphatic heterocycles. The second kappa shape index (κ2) is 51.9. The normalized spacial score (nSPS) is 26.6. The van der Waals surface area contributed by atoms with E-state index in [-0.39, 0.29) is 118 Å². The van der Waals surface area contributed by atoms with Crippen molar-refractivity contribution in [2.24, 2.45) is 37.5 Å². The van der Waals surface area contributed by atoms with Crippen molar-refractivity contribution >= 4 is 115 Å². The summed E-state index contributed by atoms with van der Waals surface area (Å²) in [6.45, 7) is 36.8. The monoisotopic (exact) mass is 2060 g/mol. The van der Waals surface area contributed by atoms with Crippen LogP contribution in [0.25, 0.3) is 0 Å². The van der Waals surface area contributed by atoms with Crippen LogP contribution in [0.2, 0.25) is 10.1 Å². The predicted molar refractivity (Wildman–Crippen MR) is 587 cm³/mol. The van der Waals surface area contributed by atoms with Gasteiger partial charge >= 0.3 is 6.09 Å². The number of nitrogens with one attached hydrogen (secondary N) is 8. The third kappa shape index (κ3) is 28.5. The Bertz CT molecular complexity index is 5430. The molecule has 30 nitrogen and oxygen atoms in total. The van der Waals surface area contributed by atoms with E-state index < -0.39 is 70.5 Å². The van der Waals surface area contributed by atoms with E-state index in [2.05, 4.69) is 219 Å². The van der Waals surface area contributed by atoms with E-state index in [9.17, 15) is 33.9 Å². The summed E-state index contributed by atoms with van der Waals surface area (Å²) in [5.41, 5.74) is 7.05. The maximum Gasteiger partial charge on any atom is 0.405 e. The molecular weight excluding hydrogens is 1900 g/mol. The number of ketones is 2. The molecule has 145 heavy (non-hydrogen) atoms. The lowest BCUT2D eigenvalue weighted by Gasteiger charge is -2.45. The number of nitrogens with zero attached hydrogens (tertiary/aromatic N) is 8. The summed E-state index contributed by atoms with van der Waals surface area (Å²) >= 11 is 3.89. The van der Waals surface area contributed by atoms with Crippen LogP contribution >= 0.6 is 23.5 Å². The van der Waals surface area contributed by atoms with E-state index in [0.29, 0.717) is 68.1 Å². The summed E-state index contributed by atoms with van der Waals surface area (Å²) < 4.78 is 38.4. The lowest BCUT2D eigenvalue weighted by Crippen LogP contribution is -2.67. The van der Waals surface area contributed by atoms with Crippen LogP contribution in [0.4, 0.5) is 4.79 Å². The number of benzene rings is 4. The zero-order valence-electron chi connectivity index (χ0n) is 87.3. The topological polar surface area (TPSA) is 363 Å². The van der Waals surface area contributed by atoms with Gasteiger partial charge < -0.3 is 101 Å². The van der Waals surface area contributed by atoms with Crippen molar-refractivity contribution in [3.05, 3.63) is 215 Å². The van der Waals surface area contributed by atoms with Crippen molar-refractivity contribution in [3.8, 4) is 5.75 Å². The molecule has 34 heteroatoms. The Balaban J connectivity index is 0.591. The third-order valence-corrected chi connectivity index (χ3v) is 42.1. The summed E-state index contributed by atoms with van der Waals surface area (Å²) in [7, 11) is -2.61. The lowest BCUT2D eigenvalue weighted by atomic mass is 9.85. The highest BCUT2D eigenvalue weighted by atomic mass is 32.2. The third-order valence-electron chi connectivity index (χ3n) is 29.5. The highest BCUT2D eigenvalue weighted by molar-refractivity contribution is 7.99. The quantitative estimate of drug-likeness (QED) is 0.00655. The summed E-state index contributed by atoms with van der Waals surface area (Å²) in [6, 6.07) is 38.2. The standard InChI is InChI=1S/C111H157N17O13S2Si2/c1-15-17-33-89(16-2)144(110(7,8)9,90-34-23-20-24-35-90)139-68-82-43-52-127-56-47-86(122-108(127)118-82)72-142-70-84-45-54-125-50-41-80(116-106(125)120-84)66-114-103(133)78-62-79(64-88(63-78)138-58-30-19-18-29-49-113-98-93-59-74(3)60-97(137-14)99(130)76(5)61-77(6)101(141-105(112)135)96(136-13)40-31-32-75(4)102(132)124-94(100(93)131)65-95(98)129)104(134)115-67-81-42-51-126-55-46-85(121-107(126)117-81)71-143-73-87-48-57-128-53-44-83(119-109(128)123-87)69-140-145(111(10,11)12,91-36-25-21-26-37-91)92-38-27-22-28-39-92/h15-17,20-28,31-40,61-65,74,76,80-87,96-97,99,101,113,130H,2,18-19,29-30,41-60,66-73H2,1,3-14H3,(H2,112,135)(H,114,133)(H,115,134)(H,116,120)(H,117,121)(H,118,122)(H,119,123)(H,124,132)/b17-15-,40-31-,75-32+,77-61+,89-33+/t74-,76+,80-,81-,82-,83-,84-,85-,86-,87-,96+,97+,99-,101+,144?/m1/s1. The van der Waals surface area contributed by atoms with E-state index >= 15 is 0 Å². The lowest BCUT2D eigenvalue weighted by molar-refractivity contribution is -0.120. The van der Waals surface area contributed by atoms with Crippen molar-refractivity contribution in [1.29, 1.82) is 0 Å². The molecule has 0 radical (unpaired) electrons. The number of unbranched alkanes of at least 4 members (excludes halogenated alkanes) is 3. The number of fused-ring (bicyclic) bond motifs is 6. The van der Waals surface area contributed by atoms with Crippen molar-refractivity contribution in [3.63, 3.8) is 0 Å². The smallest absolute Gasteiger partial charge is 0.405 e.